The van der Waals surface area contributed by atoms with Crippen LogP contribution in [0.3, 0.4) is 0 Å². The SMILES string of the molecule is CC(Oc1c(Cl)cc(Cl)cc1CN)C(=O)N1CCCCC1. The number of piperidine rings is 1. The molecule has 0 aliphatic carbocycles. The van der Waals surface area contributed by atoms with Crippen LogP contribution in [0.4, 0.5) is 0 Å². The summed E-state index contributed by atoms with van der Waals surface area (Å²) in [5.41, 5.74) is 6.39. The predicted molar refractivity (Wildman–Crippen MR) is 84.9 cm³/mol. The highest BCUT2D eigenvalue weighted by Gasteiger charge is 2.25. The summed E-state index contributed by atoms with van der Waals surface area (Å²) in [7, 11) is 0. The van der Waals surface area contributed by atoms with Crippen molar-refractivity contribution in [3.8, 4) is 5.75 Å². The van der Waals surface area contributed by atoms with Crippen LogP contribution in [0.5, 0.6) is 5.75 Å². The van der Waals surface area contributed by atoms with E-state index in [9.17, 15) is 4.79 Å². The van der Waals surface area contributed by atoms with E-state index in [1.807, 2.05) is 4.90 Å². The zero-order chi connectivity index (χ0) is 15.4. The van der Waals surface area contributed by atoms with Gasteiger partial charge < -0.3 is 15.4 Å². The van der Waals surface area contributed by atoms with Gasteiger partial charge in [0.25, 0.3) is 5.91 Å². The molecule has 21 heavy (non-hydrogen) atoms. The van der Waals surface area contributed by atoms with Crippen LogP contribution in [-0.4, -0.2) is 30.0 Å². The van der Waals surface area contributed by atoms with E-state index in [2.05, 4.69) is 0 Å². The molecule has 1 atom stereocenters. The minimum absolute atomic E-state index is 0.0105. The third kappa shape index (κ3) is 4.02. The number of carbonyl (C=O) groups excluding carboxylic acids is 1. The summed E-state index contributed by atoms with van der Waals surface area (Å²) < 4.78 is 5.78. The predicted octanol–water partition coefficient (Wildman–Crippen LogP) is 3.23. The highest BCUT2D eigenvalue weighted by Crippen LogP contribution is 2.33. The van der Waals surface area contributed by atoms with Crippen molar-refractivity contribution in [2.75, 3.05) is 13.1 Å². The molecule has 0 radical (unpaired) electrons. The second-order valence-corrected chi connectivity index (χ2v) is 6.07. The van der Waals surface area contributed by atoms with Gasteiger partial charge in [-0.05, 0) is 38.3 Å². The van der Waals surface area contributed by atoms with Crippen LogP contribution in [0.1, 0.15) is 31.7 Å². The van der Waals surface area contributed by atoms with E-state index in [4.69, 9.17) is 33.7 Å². The molecule has 1 aromatic carbocycles. The Labute approximate surface area is 135 Å². The summed E-state index contributed by atoms with van der Waals surface area (Å²) in [5, 5.41) is 0.879. The lowest BCUT2D eigenvalue weighted by Gasteiger charge is -2.29. The summed E-state index contributed by atoms with van der Waals surface area (Å²) in [5.74, 6) is 0.435. The van der Waals surface area contributed by atoms with E-state index < -0.39 is 6.10 Å². The van der Waals surface area contributed by atoms with Crippen molar-refractivity contribution in [1.82, 2.24) is 4.90 Å². The van der Waals surface area contributed by atoms with E-state index in [1.54, 1.807) is 19.1 Å². The molecule has 2 N–H and O–H groups in total. The Balaban J connectivity index is 2.11. The fourth-order valence-corrected chi connectivity index (χ4v) is 3.08. The van der Waals surface area contributed by atoms with Gasteiger partial charge in [-0.3, -0.25) is 4.79 Å². The van der Waals surface area contributed by atoms with Crippen LogP contribution in [0.15, 0.2) is 12.1 Å². The van der Waals surface area contributed by atoms with E-state index >= 15 is 0 Å². The number of ether oxygens (including phenoxy) is 1. The van der Waals surface area contributed by atoms with Crippen molar-refractivity contribution in [1.29, 1.82) is 0 Å². The number of halogens is 2. The molecule has 1 unspecified atom stereocenters. The van der Waals surface area contributed by atoms with Gasteiger partial charge in [0.2, 0.25) is 0 Å². The standard InChI is InChI=1S/C15H20Cl2N2O2/c1-10(15(20)19-5-3-2-4-6-19)21-14-11(9-18)7-12(16)8-13(14)17/h7-8,10H,2-6,9,18H2,1H3. The molecule has 1 aliphatic heterocycles. The van der Waals surface area contributed by atoms with Gasteiger partial charge in [-0.2, -0.15) is 0 Å². The van der Waals surface area contributed by atoms with Crippen LogP contribution in [-0.2, 0) is 11.3 Å². The Kier molecular flexibility index (Phi) is 5.73. The van der Waals surface area contributed by atoms with Crippen molar-refractivity contribution in [2.45, 2.75) is 38.8 Å². The van der Waals surface area contributed by atoms with Crippen LogP contribution < -0.4 is 10.5 Å². The number of likely N-dealkylation sites (tertiary alicyclic amines) is 1. The molecule has 1 amide bonds. The van der Waals surface area contributed by atoms with E-state index in [-0.39, 0.29) is 12.5 Å². The number of nitrogens with two attached hydrogens (primary N) is 1. The largest absolute Gasteiger partial charge is 0.479 e. The van der Waals surface area contributed by atoms with E-state index in [0.29, 0.717) is 21.4 Å². The van der Waals surface area contributed by atoms with E-state index in [1.165, 1.54) is 6.42 Å². The molecule has 0 aromatic heterocycles. The first-order valence-corrected chi connectivity index (χ1v) is 7.92. The molecule has 2 rings (SSSR count). The van der Waals surface area contributed by atoms with Crippen LogP contribution in [0.2, 0.25) is 10.0 Å². The fourth-order valence-electron chi connectivity index (χ4n) is 2.50. The highest BCUT2D eigenvalue weighted by atomic mass is 35.5. The minimum atomic E-state index is -0.591. The lowest BCUT2D eigenvalue weighted by molar-refractivity contribution is -0.138. The second kappa shape index (κ2) is 7.34. The van der Waals surface area contributed by atoms with Gasteiger partial charge in [-0.25, -0.2) is 0 Å². The van der Waals surface area contributed by atoms with Crippen molar-refractivity contribution < 1.29 is 9.53 Å². The number of amides is 1. The summed E-state index contributed by atoms with van der Waals surface area (Å²) in [4.78, 5) is 14.2. The summed E-state index contributed by atoms with van der Waals surface area (Å²) in [6.45, 7) is 3.58. The molecule has 0 saturated carbocycles. The van der Waals surface area contributed by atoms with E-state index in [0.717, 1.165) is 25.9 Å². The van der Waals surface area contributed by atoms with Crippen molar-refractivity contribution in [3.63, 3.8) is 0 Å². The summed E-state index contributed by atoms with van der Waals surface area (Å²) in [6, 6.07) is 3.30. The first-order valence-electron chi connectivity index (χ1n) is 7.16. The average Bonchev–Trinajstić information content (AvgIpc) is 2.49. The molecule has 116 valence electrons. The van der Waals surface area contributed by atoms with Crippen LogP contribution in [0.25, 0.3) is 0 Å². The average molecular weight is 331 g/mol. The zero-order valence-electron chi connectivity index (χ0n) is 12.1. The lowest BCUT2D eigenvalue weighted by Crippen LogP contribution is -2.43. The van der Waals surface area contributed by atoms with Gasteiger partial charge in [0.1, 0.15) is 5.75 Å². The van der Waals surface area contributed by atoms with Crippen molar-refractivity contribution in [2.24, 2.45) is 5.73 Å². The molecule has 6 heteroatoms. The Morgan fingerprint density at radius 1 is 1.33 bits per heavy atom. The monoisotopic (exact) mass is 330 g/mol. The van der Waals surface area contributed by atoms with Crippen molar-refractivity contribution >= 4 is 29.1 Å². The molecule has 4 nitrogen and oxygen atoms in total. The van der Waals surface area contributed by atoms with Gasteiger partial charge in [0, 0.05) is 30.2 Å². The van der Waals surface area contributed by atoms with Gasteiger partial charge in [0.05, 0.1) is 5.02 Å². The fraction of sp³-hybridized carbons (Fsp3) is 0.533. The third-order valence-corrected chi connectivity index (χ3v) is 4.11. The van der Waals surface area contributed by atoms with Gasteiger partial charge in [0.15, 0.2) is 6.10 Å². The highest BCUT2D eigenvalue weighted by molar-refractivity contribution is 6.35. The molecule has 1 aliphatic rings. The molecular formula is C15H20Cl2N2O2. The topological polar surface area (TPSA) is 55.6 Å². The Bertz CT molecular complexity index is 517. The Morgan fingerprint density at radius 3 is 2.62 bits per heavy atom. The van der Waals surface area contributed by atoms with Crippen LogP contribution >= 0.6 is 23.2 Å². The molecule has 1 fully saturated rings. The first-order chi connectivity index (χ1) is 10.0. The molecule has 0 spiro atoms. The molecular weight excluding hydrogens is 311 g/mol. The maximum Gasteiger partial charge on any atom is 0.263 e. The molecule has 1 heterocycles. The van der Waals surface area contributed by atoms with Gasteiger partial charge >= 0.3 is 0 Å². The normalized spacial score (nSPS) is 16.7. The number of rotatable bonds is 4. The Hall–Kier alpha value is -0.970. The van der Waals surface area contributed by atoms with Gasteiger partial charge in [-0.15, -0.1) is 0 Å². The zero-order valence-corrected chi connectivity index (χ0v) is 13.6. The minimum Gasteiger partial charge on any atom is -0.479 e. The van der Waals surface area contributed by atoms with Crippen LogP contribution in [0, 0.1) is 0 Å². The molecule has 1 saturated heterocycles. The maximum absolute atomic E-state index is 12.4. The summed E-state index contributed by atoms with van der Waals surface area (Å²) in [6.07, 6.45) is 2.69. The maximum atomic E-state index is 12.4. The quantitative estimate of drug-likeness (QED) is 0.922. The van der Waals surface area contributed by atoms with Crippen molar-refractivity contribution in [3.05, 3.63) is 27.7 Å². The third-order valence-electron chi connectivity index (χ3n) is 3.62. The first kappa shape index (κ1) is 16.4. The molecule has 1 aromatic rings. The lowest BCUT2D eigenvalue weighted by atomic mass is 10.1. The number of hydrogen-bond donors (Lipinski definition) is 1. The number of hydrogen-bond acceptors (Lipinski definition) is 3. The van der Waals surface area contributed by atoms with Gasteiger partial charge in [-0.1, -0.05) is 23.2 Å². The smallest absolute Gasteiger partial charge is 0.263 e. The second-order valence-electron chi connectivity index (χ2n) is 5.23. The Morgan fingerprint density at radius 2 is 2.00 bits per heavy atom. The molecule has 0 bridgehead atoms. The number of benzene rings is 1. The summed E-state index contributed by atoms with van der Waals surface area (Å²) >= 11 is 12.1. The number of nitrogens with zero attached hydrogens (tertiary/aromatic N) is 1. The number of carbonyl (C=O) groups is 1.